The molecule has 0 radical (unpaired) electrons. The fourth-order valence-corrected chi connectivity index (χ4v) is 2.82. The van der Waals surface area contributed by atoms with E-state index in [0.29, 0.717) is 40.5 Å². The molecule has 2 aromatic carbocycles. The van der Waals surface area contributed by atoms with E-state index in [1.54, 1.807) is 18.2 Å². The average Bonchev–Trinajstić information content (AvgIpc) is 3.14. The van der Waals surface area contributed by atoms with E-state index < -0.39 is 0 Å². The van der Waals surface area contributed by atoms with E-state index in [0.717, 1.165) is 11.8 Å². The lowest BCUT2D eigenvalue weighted by atomic mass is 10.1. The minimum absolute atomic E-state index is 0.434. The molecule has 0 spiro atoms. The fraction of sp³-hybridized carbons (Fsp3) is 0.211. The number of rotatable bonds is 8. The molecule has 0 unspecified atom stereocenters. The maximum atomic E-state index is 10.8. The van der Waals surface area contributed by atoms with E-state index >= 15 is 0 Å². The summed E-state index contributed by atoms with van der Waals surface area (Å²) in [5.41, 5.74) is 2.61. The van der Waals surface area contributed by atoms with Crippen LogP contribution in [0.15, 0.2) is 52.1 Å². The molecule has 0 saturated carbocycles. The van der Waals surface area contributed by atoms with Crippen molar-refractivity contribution >= 4 is 18.0 Å². The zero-order chi connectivity index (χ0) is 18.4. The van der Waals surface area contributed by atoms with E-state index in [1.165, 1.54) is 24.4 Å². The summed E-state index contributed by atoms with van der Waals surface area (Å²) in [6.45, 7) is 2.46. The number of aromatic nitrogens is 2. The summed E-state index contributed by atoms with van der Waals surface area (Å²) in [6, 6.07) is 13.0. The predicted octanol–water partition coefficient (Wildman–Crippen LogP) is 4.04. The molecule has 0 aliphatic heterocycles. The monoisotopic (exact) mass is 370 g/mol. The Labute approximate surface area is 155 Å². The maximum absolute atomic E-state index is 10.8. The molecule has 0 aliphatic carbocycles. The third kappa shape index (κ3) is 4.43. The van der Waals surface area contributed by atoms with Crippen molar-refractivity contribution in [2.45, 2.75) is 12.1 Å². The Kier molecular flexibility index (Phi) is 5.91. The second-order valence-corrected chi connectivity index (χ2v) is 6.51. The first kappa shape index (κ1) is 18.0. The number of nitrogens with zero attached hydrogens (tertiary/aromatic N) is 2. The average molecular weight is 370 g/mol. The number of carbonyl (C=O) groups is 1. The summed E-state index contributed by atoms with van der Waals surface area (Å²) in [5.74, 6) is 2.25. The Morgan fingerprint density at radius 1 is 1.12 bits per heavy atom. The molecule has 0 aliphatic rings. The highest BCUT2D eigenvalue weighted by Crippen LogP contribution is 2.28. The minimum Gasteiger partial charge on any atom is -0.493 e. The number of ether oxygens (including phenoxy) is 2. The molecule has 0 fully saturated rings. The SMILES string of the molecule is COc1cc(C=O)ccc1OCCSc1nnc(-c2ccc(C)cc2)o1. The summed E-state index contributed by atoms with van der Waals surface area (Å²) in [6.07, 6.45) is 0.767. The third-order valence-corrected chi connectivity index (χ3v) is 4.38. The Morgan fingerprint density at radius 2 is 1.92 bits per heavy atom. The molecular formula is C19H18N2O4S. The van der Waals surface area contributed by atoms with Gasteiger partial charge >= 0.3 is 0 Å². The Morgan fingerprint density at radius 3 is 2.65 bits per heavy atom. The smallest absolute Gasteiger partial charge is 0.276 e. The molecule has 26 heavy (non-hydrogen) atoms. The zero-order valence-corrected chi connectivity index (χ0v) is 15.3. The van der Waals surface area contributed by atoms with Gasteiger partial charge in [-0.25, -0.2) is 0 Å². The number of methoxy groups -OCH3 is 1. The number of hydrogen-bond donors (Lipinski definition) is 0. The summed E-state index contributed by atoms with van der Waals surface area (Å²) in [4.78, 5) is 10.8. The van der Waals surface area contributed by atoms with Crippen LogP contribution < -0.4 is 9.47 Å². The fourth-order valence-electron chi connectivity index (χ4n) is 2.24. The Hall–Kier alpha value is -2.80. The van der Waals surface area contributed by atoms with Gasteiger partial charge in [0.25, 0.3) is 5.22 Å². The summed E-state index contributed by atoms with van der Waals surface area (Å²) in [5, 5.41) is 8.60. The highest BCUT2D eigenvalue weighted by Gasteiger charge is 2.10. The standard InChI is InChI=1S/C19H18N2O4S/c1-13-3-6-15(7-4-13)18-20-21-19(25-18)26-10-9-24-16-8-5-14(12-22)11-17(16)23-2/h3-8,11-12H,9-10H2,1-2H3. The van der Waals surface area contributed by atoms with Gasteiger partial charge in [-0.3, -0.25) is 4.79 Å². The molecule has 0 N–H and O–H groups in total. The van der Waals surface area contributed by atoms with Crippen molar-refractivity contribution in [3.8, 4) is 23.0 Å². The van der Waals surface area contributed by atoms with Gasteiger partial charge in [0.1, 0.15) is 6.29 Å². The van der Waals surface area contributed by atoms with Gasteiger partial charge in [-0.05, 0) is 37.3 Å². The van der Waals surface area contributed by atoms with Gasteiger partial charge in [0.2, 0.25) is 5.89 Å². The maximum Gasteiger partial charge on any atom is 0.276 e. The number of thioether (sulfide) groups is 1. The lowest BCUT2D eigenvalue weighted by Crippen LogP contribution is -2.02. The third-order valence-electron chi connectivity index (χ3n) is 3.60. The summed E-state index contributed by atoms with van der Waals surface area (Å²) >= 11 is 1.42. The van der Waals surface area contributed by atoms with E-state index in [2.05, 4.69) is 10.2 Å². The topological polar surface area (TPSA) is 74.5 Å². The van der Waals surface area contributed by atoms with Crippen LogP contribution in [0.5, 0.6) is 11.5 Å². The normalized spacial score (nSPS) is 10.5. The van der Waals surface area contributed by atoms with Crippen molar-refractivity contribution in [2.75, 3.05) is 19.5 Å². The van der Waals surface area contributed by atoms with Crippen molar-refractivity contribution in [1.29, 1.82) is 0 Å². The van der Waals surface area contributed by atoms with Crippen molar-refractivity contribution in [3.05, 3.63) is 53.6 Å². The lowest BCUT2D eigenvalue weighted by molar-refractivity contribution is 0.112. The molecule has 0 amide bonds. The second kappa shape index (κ2) is 8.53. The molecule has 3 rings (SSSR count). The van der Waals surface area contributed by atoms with Crippen molar-refractivity contribution in [3.63, 3.8) is 0 Å². The summed E-state index contributed by atoms with van der Waals surface area (Å²) < 4.78 is 16.6. The van der Waals surface area contributed by atoms with Crippen molar-refractivity contribution < 1.29 is 18.7 Å². The molecule has 1 heterocycles. The molecule has 134 valence electrons. The molecule has 6 nitrogen and oxygen atoms in total. The minimum atomic E-state index is 0.434. The van der Waals surface area contributed by atoms with Gasteiger partial charge in [-0.15, -0.1) is 10.2 Å². The first-order valence-corrected chi connectivity index (χ1v) is 8.97. The van der Waals surface area contributed by atoms with Crippen LogP contribution >= 0.6 is 11.8 Å². The van der Waals surface area contributed by atoms with E-state index in [9.17, 15) is 4.79 Å². The number of benzene rings is 2. The van der Waals surface area contributed by atoms with Crippen LogP contribution in [0.3, 0.4) is 0 Å². The number of hydrogen-bond acceptors (Lipinski definition) is 7. The van der Waals surface area contributed by atoms with Gasteiger partial charge in [0.15, 0.2) is 11.5 Å². The van der Waals surface area contributed by atoms with Gasteiger partial charge in [-0.1, -0.05) is 29.5 Å². The number of carbonyl (C=O) groups excluding carboxylic acids is 1. The second-order valence-electron chi connectivity index (χ2n) is 5.46. The van der Waals surface area contributed by atoms with Crippen LogP contribution in [-0.2, 0) is 0 Å². The van der Waals surface area contributed by atoms with Gasteiger partial charge < -0.3 is 13.9 Å². The molecule has 7 heteroatoms. The van der Waals surface area contributed by atoms with Crippen LogP contribution in [0.4, 0.5) is 0 Å². The highest BCUT2D eigenvalue weighted by atomic mass is 32.2. The Bertz CT molecular complexity index is 878. The molecule has 3 aromatic rings. The van der Waals surface area contributed by atoms with Crippen LogP contribution in [-0.4, -0.2) is 36.0 Å². The molecule has 0 bridgehead atoms. The van der Waals surface area contributed by atoms with Gasteiger partial charge in [0, 0.05) is 16.9 Å². The molecule has 0 atom stereocenters. The zero-order valence-electron chi connectivity index (χ0n) is 14.5. The van der Waals surface area contributed by atoms with Crippen LogP contribution in [0.2, 0.25) is 0 Å². The quantitative estimate of drug-likeness (QED) is 0.336. The van der Waals surface area contributed by atoms with Crippen molar-refractivity contribution in [1.82, 2.24) is 10.2 Å². The van der Waals surface area contributed by atoms with E-state index in [-0.39, 0.29) is 0 Å². The van der Waals surface area contributed by atoms with E-state index in [4.69, 9.17) is 13.9 Å². The van der Waals surface area contributed by atoms with Crippen LogP contribution in [0.1, 0.15) is 15.9 Å². The van der Waals surface area contributed by atoms with Crippen molar-refractivity contribution in [2.24, 2.45) is 0 Å². The van der Waals surface area contributed by atoms with Gasteiger partial charge in [-0.2, -0.15) is 0 Å². The molecule has 0 saturated heterocycles. The molecular weight excluding hydrogens is 352 g/mol. The predicted molar refractivity (Wildman–Crippen MR) is 99.1 cm³/mol. The van der Waals surface area contributed by atoms with Crippen LogP contribution in [0.25, 0.3) is 11.5 Å². The molecule has 1 aromatic heterocycles. The van der Waals surface area contributed by atoms with Gasteiger partial charge in [0.05, 0.1) is 13.7 Å². The first-order chi connectivity index (χ1) is 12.7. The summed E-state index contributed by atoms with van der Waals surface area (Å²) in [7, 11) is 1.54. The first-order valence-electron chi connectivity index (χ1n) is 7.99. The number of aldehydes is 1. The highest BCUT2D eigenvalue weighted by molar-refractivity contribution is 7.99. The number of aryl methyl sites for hydroxylation is 1. The Balaban J connectivity index is 1.53. The van der Waals surface area contributed by atoms with Crippen LogP contribution in [0, 0.1) is 6.92 Å². The lowest BCUT2D eigenvalue weighted by Gasteiger charge is -2.10. The van der Waals surface area contributed by atoms with E-state index in [1.807, 2.05) is 31.2 Å². The largest absolute Gasteiger partial charge is 0.493 e.